The van der Waals surface area contributed by atoms with Crippen LogP contribution >= 0.6 is 0 Å². The summed E-state index contributed by atoms with van der Waals surface area (Å²) in [6, 6.07) is 9.41. The largest absolute Gasteiger partial charge is 0.484 e. The van der Waals surface area contributed by atoms with Crippen molar-refractivity contribution in [1.29, 1.82) is 0 Å². The highest BCUT2D eigenvalue weighted by molar-refractivity contribution is 5.74. The van der Waals surface area contributed by atoms with Gasteiger partial charge in [-0.05, 0) is 25.0 Å². The summed E-state index contributed by atoms with van der Waals surface area (Å²) in [4.78, 5) is 18.4. The molecule has 1 saturated heterocycles. The topological polar surface area (TPSA) is 89.7 Å². The number of ether oxygens (including phenoxy) is 2. The molecule has 1 atom stereocenters. The van der Waals surface area contributed by atoms with Gasteiger partial charge < -0.3 is 24.2 Å². The van der Waals surface area contributed by atoms with Gasteiger partial charge in [-0.1, -0.05) is 23.4 Å². The first-order valence-corrected chi connectivity index (χ1v) is 8.78. The Morgan fingerprint density at radius 3 is 3.04 bits per heavy atom. The molecule has 8 nitrogen and oxygen atoms in total. The van der Waals surface area contributed by atoms with Gasteiger partial charge in [0.15, 0.2) is 12.4 Å². The maximum absolute atomic E-state index is 12.2. The van der Waals surface area contributed by atoms with Gasteiger partial charge in [0, 0.05) is 32.7 Å². The number of rotatable bonds is 7. The second-order valence-corrected chi connectivity index (χ2v) is 6.16. The van der Waals surface area contributed by atoms with Gasteiger partial charge >= 0.3 is 6.03 Å². The van der Waals surface area contributed by atoms with Crippen molar-refractivity contribution in [3.05, 3.63) is 42.0 Å². The predicted octanol–water partition coefficient (Wildman–Crippen LogP) is 2.18. The molecule has 26 heavy (non-hydrogen) atoms. The van der Waals surface area contributed by atoms with E-state index in [1.165, 1.54) is 0 Å². The van der Waals surface area contributed by atoms with Crippen molar-refractivity contribution >= 4 is 6.03 Å². The smallest absolute Gasteiger partial charge is 0.317 e. The molecular weight excluding hydrogens is 336 g/mol. The van der Waals surface area contributed by atoms with Crippen LogP contribution < -0.4 is 10.1 Å². The Balaban J connectivity index is 1.52. The van der Waals surface area contributed by atoms with Crippen molar-refractivity contribution in [3.8, 4) is 5.75 Å². The average Bonchev–Trinajstić information content (AvgIpc) is 3.16. The summed E-state index contributed by atoms with van der Waals surface area (Å²) in [6.07, 6.45) is 1.84. The molecule has 2 aromatic rings. The third-order valence-electron chi connectivity index (χ3n) is 4.25. The first kappa shape index (κ1) is 18.2. The van der Waals surface area contributed by atoms with E-state index in [0.717, 1.165) is 25.1 Å². The minimum absolute atomic E-state index is 0.0751. The molecule has 140 valence electrons. The van der Waals surface area contributed by atoms with Crippen LogP contribution in [0.1, 0.15) is 30.5 Å². The first-order chi connectivity index (χ1) is 12.8. The van der Waals surface area contributed by atoms with Crippen LogP contribution in [0.5, 0.6) is 5.75 Å². The number of amides is 2. The summed E-state index contributed by atoms with van der Waals surface area (Å²) >= 11 is 0. The standard InChI is InChI=1S/C18H24N4O4/c1-24-11-9-19-18(23)22-10-5-6-14(12-22)17-20-16(26-21-17)13-25-15-7-3-2-4-8-15/h2-4,7-8,14H,5-6,9-13H2,1H3,(H,19,23). The Morgan fingerprint density at radius 2 is 2.23 bits per heavy atom. The van der Waals surface area contributed by atoms with E-state index in [1.54, 1.807) is 12.0 Å². The number of nitrogens with one attached hydrogen (secondary N) is 1. The SMILES string of the molecule is COCCNC(=O)N1CCCC(c2noc(COc3ccccc3)n2)C1. The summed E-state index contributed by atoms with van der Waals surface area (Å²) in [5.74, 6) is 1.89. The van der Waals surface area contributed by atoms with E-state index in [4.69, 9.17) is 14.0 Å². The molecule has 0 aliphatic carbocycles. The second kappa shape index (κ2) is 9.19. The number of hydrogen-bond donors (Lipinski definition) is 1. The lowest BCUT2D eigenvalue weighted by atomic mass is 9.98. The number of aromatic nitrogens is 2. The van der Waals surface area contributed by atoms with E-state index < -0.39 is 0 Å². The molecule has 1 unspecified atom stereocenters. The number of carbonyl (C=O) groups is 1. The van der Waals surface area contributed by atoms with Gasteiger partial charge in [0.2, 0.25) is 0 Å². The van der Waals surface area contributed by atoms with Crippen LogP contribution in [-0.2, 0) is 11.3 Å². The zero-order valence-electron chi connectivity index (χ0n) is 14.9. The summed E-state index contributed by atoms with van der Waals surface area (Å²) in [5, 5.41) is 6.92. The van der Waals surface area contributed by atoms with Gasteiger partial charge in [-0.2, -0.15) is 4.98 Å². The van der Waals surface area contributed by atoms with Crippen LogP contribution in [0.15, 0.2) is 34.9 Å². The number of benzene rings is 1. The molecule has 1 fully saturated rings. The Morgan fingerprint density at radius 1 is 1.38 bits per heavy atom. The molecule has 2 amide bonds. The minimum atomic E-state index is -0.0807. The highest BCUT2D eigenvalue weighted by Crippen LogP contribution is 2.25. The number of piperidine rings is 1. The van der Waals surface area contributed by atoms with E-state index in [-0.39, 0.29) is 18.6 Å². The fourth-order valence-electron chi connectivity index (χ4n) is 2.90. The molecule has 0 bridgehead atoms. The van der Waals surface area contributed by atoms with Gasteiger partial charge in [0.1, 0.15) is 5.75 Å². The van der Waals surface area contributed by atoms with Crippen LogP contribution in [0.4, 0.5) is 4.79 Å². The third-order valence-corrected chi connectivity index (χ3v) is 4.25. The fraction of sp³-hybridized carbons (Fsp3) is 0.500. The monoisotopic (exact) mass is 360 g/mol. The third kappa shape index (κ3) is 4.95. The number of hydrogen-bond acceptors (Lipinski definition) is 6. The highest BCUT2D eigenvalue weighted by Gasteiger charge is 2.28. The van der Waals surface area contributed by atoms with Crippen molar-refractivity contribution in [2.75, 3.05) is 33.4 Å². The molecule has 0 saturated carbocycles. The van der Waals surface area contributed by atoms with Gasteiger partial charge in [0.25, 0.3) is 5.89 Å². The zero-order valence-corrected chi connectivity index (χ0v) is 14.9. The van der Waals surface area contributed by atoms with Crippen LogP contribution in [0, 0.1) is 0 Å². The summed E-state index contributed by atoms with van der Waals surface area (Å²) in [6.45, 7) is 2.54. The zero-order chi connectivity index (χ0) is 18.2. The second-order valence-electron chi connectivity index (χ2n) is 6.16. The lowest BCUT2D eigenvalue weighted by molar-refractivity contribution is 0.166. The van der Waals surface area contributed by atoms with Crippen LogP contribution in [-0.4, -0.2) is 54.4 Å². The molecule has 1 aromatic carbocycles. The molecule has 1 aromatic heterocycles. The van der Waals surface area contributed by atoms with Gasteiger partial charge in [0.05, 0.1) is 6.61 Å². The molecule has 2 heterocycles. The molecule has 1 aliphatic rings. The van der Waals surface area contributed by atoms with E-state index in [9.17, 15) is 4.79 Å². The van der Waals surface area contributed by atoms with Crippen LogP contribution in [0.2, 0.25) is 0 Å². The normalized spacial score (nSPS) is 17.1. The van der Waals surface area contributed by atoms with Crippen molar-refractivity contribution < 1.29 is 18.8 Å². The number of urea groups is 1. The predicted molar refractivity (Wildman–Crippen MR) is 93.9 cm³/mol. The van der Waals surface area contributed by atoms with Crippen LogP contribution in [0.3, 0.4) is 0 Å². The quantitative estimate of drug-likeness (QED) is 0.761. The van der Waals surface area contributed by atoms with Crippen molar-refractivity contribution in [2.24, 2.45) is 0 Å². The van der Waals surface area contributed by atoms with E-state index in [0.29, 0.717) is 31.4 Å². The Kier molecular flexibility index (Phi) is 6.43. The van der Waals surface area contributed by atoms with Crippen molar-refractivity contribution in [1.82, 2.24) is 20.4 Å². The Labute approximate surface area is 152 Å². The molecular formula is C18H24N4O4. The number of methoxy groups -OCH3 is 1. The molecule has 0 radical (unpaired) electrons. The molecule has 8 heteroatoms. The Hall–Kier alpha value is -2.61. The first-order valence-electron chi connectivity index (χ1n) is 8.78. The summed E-state index contributed by atoms with van der Waals surface area (Å²) < 4.78 is 15.9. The average molecular weight is 360 g/mol. The number of likely N-dealkylation sites (tertiary alicyclic amines) is 1. The van der Waals surface area contributed by atoms with Gasteiger partial charge in [-0.3, -0.25) is 0 Å². The lowest BCUT2D eigenvalue weighted by Crippen LogP contribution is -2.45. The molecule has 1 N–H and O–H groups in total. The summed E-state index contributed by atoms with van der Waals surface area (Å²) in [7, 11) is 1.61. The maximum atomic E-state index is 12.2. The summed E-state index contributed by atoms with van der Waals surface area (Å²) in [5.41, 5.74) is 0. The van der Waals surface area contributed by atoms with E-state index >= 15 is 0 Å². The van der Waals surface area contributed by atoms with E-state index in [1.807, 2.05) is 30.3 Å². The van der Waals surface area contributed by atoms with E-state index in [2.05, 4.69) is 15.5 Å². The molecule has 3 rings (SSSR count). The van der Waals surface area contributed by atoms with Crippen molar-refractivity contribution in [2.45, 2.75) is 25.4 Å². The van der Waals surface area contributed by atoms with Gasteiger partial charge in [-0.25, -0.2) is 4.79 Å². The van der Waals surface area contributed by atoms with Crippen molar-refractivity contribution in [3.63, 3.8) is 0 Å². The highest BCUT2D eigenvalue weighted by atomic mass is 16.5. The molecule has 0 spiro atoms. The fourth-order valence-corrected chi connectivity index (χ4v) is 2.90. The van der Waals surface area contributed by atoms with Gasteiger partial charge in [-0.15, -0.1) is 0 Å². The lowest BCUT2D eigenvalue weighted by Gasteiger charge is -2.31. The van der Waals surface area contributed by atoms with Crippen LogP contribution in [0.25, 0.3) is 0 Å². The number of carbonyl (C=O) groups excluding carboxylic acids is 1. The minimum Gasteiger partial charge on any atom is -0.484 e. The maximum Gasteiger partial charge on any atom is 0.317 e. The number of nitrogens with zero attached hydrogens (tertiary/aromatic N) is 3. The Bertz CT molecular complexity index is 692. The number of para-hydroxylation sites is 1. The molecule has 1 aliphatic heterocycles.